The third-order valence-electron chi connectivity index (χ3n) is 6.21. The SMILES string of the molecule is CC[C@@H](C(=O)NCC(C)C)N(Cc1ccc(OC)cc1)C(=O)CN(c1ccc2c(c1)OCO2)S(=O)(=O)CC. The molecular weight excluding hydrogens is 510 g/mol. The average Bonchev–Trinajstić information content (AvgIpc) is 3.38. The molecule has 1 heterocycles. The molecule has 2 aromatic rings. The highest BCUT2D eigenvalue weighted by molar-refractivity contribution is 7.92. The van der Waals surface area contributed by atoms with Gasteiger partial charge in [-0.05, 0) is 49.1 Å². The van der Waals surface area contributed by atoms with Crippen molar-refractivity contribution < 1.29 is 32.2 Å². The summed E-state index contributed by atoms with van der Waals surface area (Å²) in [6.07, 6.45) is 0.358. The number of hydrogen-bond acceptors (Lipinski definition) is 7. The Morgan fingerprint density at radius 1 is 1.05 bits per heavy atom. The lowest BCUT2D eigenvalue weighted by atomic mass is 10.1. The summed E-state index contributed by atoms with van der Waals surface area (Å²) in [5, 5.41) is 2.91. The highest BCUT2D eigenvalue weighted by Gasteiger charge is 2.33. The van der Waals surface area contributed by atoms with Crippen LogP contribution in [-0.4, -0.2) is 63.9 Å². The first kappa shape index (κ1) is 29.1. The lowest BCUT2D eigenvalue weighted by Gasteiger charge is -2.33. The predicted molar refractivity (Wildman–Crippen MR) is 145 cm³/mol. The minimum atomic E-state index is -3.84. The van der Waals surface area contributed by atoms with Crippen molar-refractivity contribution in [3.8, 4) is 17.2 Å². The first-order valence-electron chi connectivity index (χ1n) is 12.7. The molecule has 0 aromatic heterocycles. The van der Waals surface area contributed by atoms with Crippen molar-refractivity contribution in [3.63, 3.8) is 0 Å². The molecule has 1 aliphatic rings. The van der Waals surface area contributed by atoms with Gasteiger partial charge in [0.2, 0.25) is 28.6 Å². The van der Waals surface area contributed by atoms with E-state index in [9.17, 15) is 18.0 Å². The normalized spacial score (nSPS) is 13.2. The van der Waals surface area contributed by atoms with Crippen LogP contribution in [-0.2, 0) is 26.2 Å². The van der Waals surface area contributed by atoms with Gasteiger partial charge in [0.1, 0.15) is 18.3 Å². The highest BCUT2D eigenvalue weighted by Crippen LogP contribution is 2.36. The van der Waals surface area contributed by atoms with Gasteiger partial charge in [-0.1, -0.05) is 32.9 Å². The second-order valence-corrected chi connectivity index (χ2v) is 11.6. The number of rotatable bonds is 13. The molecule has 208 valence electrons. The molecule has 38 heavy (non-hydrogen) atoms. The van der Waals surface area contributed by atoms with Crippen LogP contribution in [0.4, 0.5) is 5.69 Å². The number of sulfonamides is 1. The lowest BCUT2D eigenvalue weighted by Crippen LogP contribution is -2.52. The summed E-state index contributed by atoms with van der Waals surface area (Å²) in [5.74, 6) is 0.816. The molecule has 1 aliphatic heterocycles. The van der Waals surface area contributed by atoms with Crippen molar-refractivity contribution in [2.45, 2.75) is 46.7 Å². The summed E-state index contributed by atoms with van der Waals surface area (Å²) in [7, 11) is -2.28. The van der Waals surface area contributed by atoms with Crippen molar-refractivity contribution in [1.82, 2.24) is 10.2 Å². The number of anilines is 1. The molecular formula is C27H37N3O7S. The van der Waals surface area contributed by atoms with Gasteiger partial charge >= 0.3 is 0 Å². The maximum atomic E-state index is 13.9. The van der Waals surface area contributed by atoms with Crippen molar-refractivity contribution in [2.75, 3.05) is 37.1 Å². The molecule has 0 radical (unpaired) electrons. The molecule has 0 bridgehead atoms. The Bertz CT molecular complexity index is 1220. The van der Waals surface area contributed by atoms with Crippen LogP contribution in [0.3, 0.4) is 0 Å². The zero-order valence-electron chi connectivity index (χ0n) is 22.6. The highest BCUT2D eigenvalue weighted by atomic mass is 32.2. The molecule has 2 amide bonds. The molecule has 0 unspecified atom stereocenters. The third-order valence-corrected chi connectivity index (χ3v) is 7.95. The van der Waals surface area contributed by atoms with Crippen LogP contribution >= 0.6 is 0 Å². The summed E-state index contributed by atoms with van der Waals surface area (Å²) in [5.41, 5.74) is 1.06. The molecule has 0 saturated heterocycles. The smallest absolute Gasteiger partial charge is 0.244 e. The molecule has 1 atom stereocenters. The number of benzene rings is 2. The number of hydrogen-bond donors (Lipinski definition) is 1. The first-order chi connectivity index (χ1) is 18.1. The molecule has 2 aromatic carbocycles. The fourth-order valence-electron chi connectivity index (χ4n) is 4.03. The minimum absolute atomic E-state index is 0.0392. The molecule has 11 heteroatoms. The zero-order chi connectivity index (χ0) is 27.9. The minimum Gasteiger partial charge on any atom is -0.497 e. The number of nitrogens with one attached hydrogen (secondary N) is 1. The second-order valence-electron chi connectivity index (χ2n) is 9.38. The summed E-state index contributed by atoms with van der Waals surface area (Å²) >= 11 is 0. The van der Waals surface area contributed by atoms with Gasteiger partial charge < -0.3 is 24.4 Å². The van der Waals surface area contributed by atoms with Gasteiger partial charge in [-0.25, -0.2) is 8.42 Å². The van der Waals surface area contributed by atoms with Crippen LogP contribution < -0.4 is 23.8 Å². The van der Waals surface area contributed by atoms with E-state index in [0.717, 1.165) is 9.87 Å². The van der Waals surface area contributed by atoms with Crippen LogP contribution in [0.15, 0.2) is 42.5 Å². The Balaban J connectivity index is 1.95. The largest absolute Gasteiger partial charge is 0.497 e. The molecule has 0 spiro atoms. The maximum absolute atomic E-state index is 13.9. The summed E-state index contributed by atoms with van der Waals surface area (Å²) in [6.45, 7) is 7.47. The molecule has 10 nitrogen and oxygen atoms in total. The molecule has 0 saturated carbocycles. The molecule has 1 N–H and O–H groups in total. The maximum Gasteiger partial charge on any atom is 0.244 e. The van der Waals surface area contributed by atoms with E-state index in [2.05, 4.69) is 5.32 Å². The number of carbonyl (C=O) groups excluding carboxylic acids is 2. The fraction of sp³-hybridized carbons (Fsp3) is 0.481. The van der Waals surface area contributed by atoms with Crippen LogP contribution in [0.25, 0.3) is 0 Å². The zero-order valence-corrected chi connectivity index (χ0v) is 23.4. The fourth-order valence-corrected chi connectivity index (χ4v) is 5.08. The monoisotopic (exact) mass is 547 g/mol. The Hall–Kier alpha value is -3.47. The van der Waals surface area contributed by atoms with Gasteiger partial charge in [0, 0.05) is 19.2 Å². The molecule has 3 rings (SSSR count). The number of nitrogens with zero attached hydrogens (tertiary/aromatic N) is 2. The molecule has 0 fully saturated rings. The Labute approximate surface area is 224 Å². The number of ether oxygens (including phenoxy) is 3. The Kier molecular flexibility index (Phi) is 9.84. The Morgan fingerprint density at radius 3 is 2.34 bits per heavy atom. The number of amides is 2. The van der Waals surface area contributed by atoms with E-state index in [1.54, 1.807) is 37.4 Å². The van der Waals surface area contributed by atoms with E-state index < -0.39 is 28.5 Å². The van der Waals surface area contributed by atoms with E-state index in [0.29, 0.717) is 30.2 Å². The quantitative estimate of drug-likeness (QED) is 0.410. The van der Waals surface area contributed by atoms with Gasteiger partial charge in [-0.2, -0.15) is 0 Å². The van der Waals surface area contributed by atoms with Crippen LogP contribution in [0.1, 0.15) is 39.7 Å². The van der Waals surface area contributed by atoms with Crippen molar-refractivity contribution in [3.05, 3.63) is 48.0 Å². The van der Waals surface area contributed by atoms with Gasteiger partial charge in [-0.15, -0.1) is 0 Å². The lowest BCUT2D eigenvalue weighted by molar-refractivity contribution is -0.140. The van der Waals surface area contributed by atoms with Gasteiger partial charge in [-0.3, -0.25) is 13.9 Å². The van der Waals surface area contributed by atoms with E-state index in [1.165, 1.54) is 11.8 Å². The van der Waals surface area contributed by atoms with E-state index in [1.807, 2.05) is 32.9 Å². The van der Waals surface area contributed by atoms with Crippen LogP contribution in [0, 0.1) is 5.92 Å². The number of carbonyl (C=O) groups is 2. The van der Waals surface area contributed by atoms with Gasteiger partial charge in [0.25, 0.3) is 0 Å². The predicted octanol–water partition coefficient (Wildman–Crippen LogP) is 3.16. The topological polar surface area (TPSA) is 114 Å². The standard InChI is InChI=1S/C27H37N3O7S/c1-6-23(27(32)28-15-19(3)4)29(16-20-8-11-22(35-5)12-9-20)26(31)17-30(38(33,34)7-2)21-10-13-24-25(14-21)37-18-36-24/h8-14,19,23H,6-7,15-18H2,1-5H3,(H,28,32)/t23-/m0/s1. The summed E-state index contributed by atoms with van der Waals surface area (Å²) in [4.78, 5) is 28.5. The van der Waals surface area contributed by atoms with Crippen LogP contribution in [0.2, 0.25) is 0 Å². The van der Waals surface area contributed by atoms with Gasteiger partial charge in [0.05, 0.1) is 18.6 Å². The van der Waals surface area contributed by atoms with E-state index in [-0.39, 0.29) is 36.6 Å². The third kappa shape index (κ3) is 7.09. The number of fused-ring (bicyclic) bond motifs is 1. The van der Waals surface area contributed by atoms with Crippen LogP contribution in [0.5, 0.6) is 17.2 Å². The van der Waals surface area contributed by atoms with Gasteiger partial charge in [0.15, 0.2) is 11.5 Å². The van der Waals surface area contributed by atoms with Crippen molar-refractivity contribution >= 4 is 27.5 Å². The van der Waals surface area contributed by atoms with Crippen molar-refractivity contribution in [2.24, 2.45) is 5.92 Å². The summed E-state index contributed by atoms with van der Waals surface area (Å²) in [6, 6.07) is 11.1. The first-order valence-corrected chi connectivity index (χ1v) is 14.3. The summed E-state index contributed by atoms with van der Waals surface area (Å²) < 4.78 is 43.3. The van der Waals surface area contributed by atoms with E-state index >= 15 is 0 Å². The Morgan fingerprint density at radius 2 is 1.74 bits per heavy atom. The second kappa shape index (κ2) is 12.9. The average molecular weight is 548 g/mol. The van der Waals surface area contributed by atoms with Crippen molar-refractivity contribution in [1.29, 1.82) is 0 Å². The molecule has 0 aliphatic carbocycles. The van der Waals surface area contributed by atoms with E-state index in [4.69, 9.17) is 14.2 Å². The number of methoxy groups -OCH3 is 1.